The molecular formula is C118H69N5S. The Kier molecular flexibility index (Phi) is 13.9. The molecule has 25 aromatic rings. The average molecular weight is 1590 g/mol. The Morgan fingerprint density at radius 1 is 0.194 bits per heavy atom. The van der Waals surface area contributed by atoms with Gasteiger partial charge in [-0.2, -0.15) is 0 Å². The first-order valence-corrected chi connectivity index (χ1v) is 43.7. The van der Waals surface area contributed by atoms with Gasteiger partial charge in [0, 0.05) is 113 Å². The van der Waals surface area contributed by atoms with E-state index in [0.717, 1.165) is 56.0 Å². The van der Waals surface area contributed by atoms with Crippen molar-refractivity contribution in [2.75, 3.05) is 0 Å². The van der Waals surface area contributed by atoms with Crippen LogP contribution >= 0.6 is 11.3 Å². The lowest BCUT2D eigenvalue weighted by Crippen LogP contribution is -2.25. The molecule has 0 atom stereocenters. The van der Waals surface area contributed by atoms with Gasteiger partial charge in [0.05, 0.1) is 66.4 Å². The van der Waals surface area contributed by atoms with Crippen LogP contribution in [-0.2, 0) is 10.8 Å². The molecule has 0 bridgehead atoms. The Labute approximate surface area is 716 Å². The third-order valence-electron chi connectivity index (χ3n) is 28.1. The van der Waals surface area contributed by atoms with Gasteiger partial charge in [0.15, 0.2) is 0 Å². The first-order chi connectivity index (χ1) is 61.5. The molecule has 0 fully saturated rings. The average Bonchev–Trinajstić information content (AvgIpc) is 1.50. The van der Waals surface area contributed by atoms with Crippen molar-refractivity contribution in [1.29, 1.82) is 0 Å². The fourth-order valence-electron chi connectivity index (χ4n) is 23.3. The lowest BCUT2D eigenvalue weighted by molar-refractivity contribution is 0.794. The monoisotopic (exact) mass is 1590 g/mol. The van der Waals surface area contributed by atoms with Crippen molar-refractivity contribution >= 4 is 140 Å². The van der Waals surface area contributed by atoms with Crippen LogP contribution < -0.4 is 0 Å². The SMILES string of the molecule is c1cc(-c2nc3ccccc3c3c4c(ccc23)C2(c3ccccc3-c3ccccc32)c2ccccc2-4)cc(-n2c3ccccc3c3cc4c(cc32)sc2ccccc24)c1.c1ccc(-n2c3ccccc3c3cc4c5ccccc5n(-c5cccc(-c6nc7ccccc7c7c8c(ccc67)C6(c7ccccc7-c7ccccc76)c6ccccc6-8)c5)c4cc32)cc1. The lowest BCUT2D eigenvalue weighted by Gasteiger charge is -2.30. The number of pyridine rings is 2. The van der Waals surface area contributed by atoms with Crippen LogP contribution in [0, 0.1) is 0 Å². The standard InChI is InChI=1S/C62H37N3.C56H32N2S/c1-2-18-39(19-3-1)64-55-31-14-8-23-43(55)48-36-49-44-24-9-15-32-56(44)65(58(49)37-57(48)64)40-20-16-17-38(35-40)61-47-33-34-53-60(59(47)46-26-7-13-30-54(46)63-61)45-25-6-12-29-52(45)62(53)50-27-10-4-21-41(50)42-22-5-11-28-51(42)62;1-7-22-44-35(16-1)36-17-2-8-23-45(36)56(44)46-24-9-3-20-39(46)54-47(56)29-28-41-53(54)40-21-4-10-25-48(40)57-55(41)33-14-13-15-34(30-33)58-49-26-11-5-18-37(49)42-31-43-38-19-6-12-27-51(38)59-52(43)32-50(42)58/h1-37H;1-32H. The molecule has 4 aliphatic rings. The van der Waals surface area contributed by atoms with Crippen LogP contribution in [-0.4, -0.2) is 23.7 Å². The van der Waals surface area contributed by atoms with Gasteiger partial charge >= 0.3 is 0 Å². The Hall–Kier alpha value is -15.9. The van der Waals surface area contributed by atoms with E-state index >= 15 is 0 Å². The van der Waals surface area contributed by atoms with Crippen molar-refractivity contribution in [3.8, 4) is 84.1 Å². The van der Waals surface area contributed by atoms with Gasteiger partial charge in [0.25, 0.3) is 0 Å². The number of para-hydroxylation sites is 6. The summed E-state index contributed by atoms with van der Waals surface area (Å²) in [5.41, 5.74) is 37.2. The maximum Gasteiger partial charge on any atom is 0.0789 e. The maximum atomic E-state index is 5.56. The summed E-state index contributed by atoms with van der Waals surface area (Å²) in [6.45, 7) is 0. The smallest absolute Gasteiger partial charge is 0.0789 e. The van der Waals surface area contributed by atoms with E-state index in [4.69, 9.17) is 9.97 Å². The first kappa shape index (κ1) is 68.0. The number of rotatable bonds is 5. The largest absolute Gasteiger partial charge is 0.309 e. The summed E-state index contributed by atoms with van der Waals surface area (Å²) in [5, 5.41) is 17.4. The van der Waals surface area contributed by atoms with Crippen LogP contribution in [0.4, 0.5) is 0 Å². The van der Waals surface area contributed by atoms with Gasteiger partial charge in [0.2, 0.25) is 0 Å². The summed E-state index contributed by atoms with van der Waals surface area (Å²) >= 11 is 1.87. The summed E-state index contributed by atoms with van der Waals surface area (Å²) in [7, 11) is 0. The van der Waals surface area contributed by atoms with E-state index in [2.05, 4.69) is 432 Å². The molecule has 0 radical (unpaired) electrons. The van der Waals surface area contributed by atoms with E-state index < -0.39 is 10.8 Å². The van der Waals surface area contributed by atoms with Crippen LogP contribution in [0.5, 0.6) is 0 Å². The predicted octanol–water partition coefficient (Wildman–Crippen LogP) is 30.5. The summed E-state index contributed by atoms with van der Waals surface area (Å²) < 4.78 is 9.95. The number of benzene rings is 19. The van der Waals surface area contributed by atoms with Crippen molar-refractivity contribution in [3.05, 3.63) is 463 Å². The van der Waals surface area contributed by atoms with Gasteiger partial charge in [0.1, 0.15) is 0 Å². The van der Waals surface area contributed by atoms with Crippen molar-refractivity contribution in [3.63, 3.8) is 0 Å². The quantitative estimate of drug-likeness (QED) is 0.161. The van der Waals surface area contributed by atoms with Gasteiger partial charge in [-0.05, 0) is 186 Å². The third kappa shape index (κ3) is 8.95. The minimum absolute atomic E-state index is 0.409. The summed E-state index contributed by atoms with van der Waals surface area (Å²) in [6, 6.07) is 155. The summed E-state index contributed by atoms with van der Waals surface area (Å²) in [5.74, 6) is 0. The van der Waals surface area contributed by atoms with Gasteiger partial charge in [-0.25, -0.2) is 9.97 Å². The Morgan fingerprint density at radius 3 is 0.984 bits per heavy atom. The molecule has 5 nitrogen and oxygen atoms in total. The van der Waals surface area contributed by atoms with E-state index in [9.17, 15) is 0 Å². The van der Waals surface area contributed by atoms with Crippen LogP contribution in [0.3, 0.4) is 0 Å². The number of hydrogen-bond acceptors (Lipinski definition) is 3. The molecule has 2 spiro atoms. The highest BCUT2D eigenvalue weighted by Gasteiger charge is 2.54. The molecular weight excluding hydrogens is 1520 g/mol. The molecule has 0 saturated heterocycles. The Bertz CT molecular complexity index is 8950. The zero-order valence-corrected chi connectivity index (χ0v) is 67.8. The molecule has 0 amide bonds. The lowest BCUT2D eigenvalue weighted by atomic mass is 9.70. The zero-order valence-electron chi connectivity index (χ0n) is 67.0. The molecule has 572 valence electrons. The molecule has 0 aliphatic heterocycles. The first-order valence-electron chi connectivity index (χ1n) is 42.9. The Morgan fingerprint density at radius 2 is 0.532 bits per heavy atom. The van der Waals surface area contributed by atoms with Crippen molar-refractivity contribution in [2.24, 2.45) is 0 Å². The second kappa shape index (κ2) is 25.4. The van der Waals surface area contributed by atoms with E-state index in [1.165, 1.54) is 202 Å². The number of thiophene rings is 1. The van der Waals surface area contributed by atoms with Gasteiger partial charge < -0.3 is 13.7 Å². The van der Waals surface area contributed by atoms with Crippen molar-refractivity contribution < 1.29 is 0 Å². The van der Waals surface area contributed by atoms with E-state index in [1.807, 2.05) is 11.3 Å². The molecule has 19 aromatic carbocycles. The number of hydrogen-bond donors (Lipinski definition) is 0. The van der Waals surface area contributed by atoms with E-state index in [-0.39, 0.29) is 0 Å². The van der Waals surface area contributed by atoms with E-state index in [0.29, 0.717) is 0 Å². The fourth-order valence-corrected chi connectivity index (χ4v) is 24.4. The predicted molar refractivity (Wildman–Crippen MR) is 518 cm³/mol. The molecule has 6 heteroatoms. The number of aromatic nitrogens is 5. The fraction of sp³-hybridized carbons (Fsp3) is 0.0169. The van der Waals surface area contributed by atoms with Gasteiger partial charge in [-0.15, -0.1) is 11.3 Å². The Balaban J connectivity index is 0.000000127. The van der Waals surface area contributed by atoms with Gasteiger partial charge in [-0.3, -0.25) is 0 Å². The van der Waals surface area contributed by atoms with Crippen molar-refractivity contribution in [2.45, 2.75) is 10.8 Å². The van der Waals surface area contributed by atoms with Crippen LogP contribution in [0.2, 0.25) is 0 Å². The number of nitrogens with zero attached hydrogens (tertiary/aromatic N) is 5. The maximum absolute atomic E-state index is 5.56. The number of fused-ring (bicyclic) bond motifs is 40. The molecule has 0 saturated carbocycles. The molecule has 0 N–H and O–H groups in total. The molecule has 0 unspecified atom stereocenters. The third-order valence-corrected chi connectivity index (χ3v) is 29.2. The molecule has 6 aromatic heterocycles. The highest BCUT2D eigenvalue weighted by molar-refractivity contribution is 7.25. The normalized spacial score (nSPS) is 13.5. The minimum atomic E-state index is -0.425. The minimum Gasteiger partial charge on any atom is -0.309 e. The topological polar surface area (TPSA) is 40.6 Å². The van der Waals surface area contributed by atoms with Crippen LogP contribution in [0.15, 0.2) is 419 Å². The van der Waals surface area contributed by atoms with Crippen LogP contribution in [0.25, 0.3) is 213 Å². The van der Waals surface area contributed by atoms with Crippen LogP contribution in [0.1, 0.15) is 44.5 Å². The summed E-state index contributed by atoms with van der Waals surface area (Å²) in [6.07, 6.45) is 0. The molecule has 124 heavy (non-hydrogen) atoms. The second-order valence-corrected chi connectivity index (χ2v) is 35.0. The molecule has 4 aliphatic carbocycles. The van der Waals surface area contributed by atoms with Gasteiger partial charge in [-0.1, -0.05) is 322 Å². The summed E-state index contributed by atoms with van der Waals surface area (Å²) in [4.78, 5) is 11.1. The van der Waals surface area contributed by atoms with Crippen molar-refractivity contribution in [1.82, 2.24) is 23.7 Å². The molecule has 29 rings (SSSR count). The molecule has 6 heterocycles. The highest BCUT2D eigenvalue weighted by Crippen LogP contribution is 2.67. The zero-order chi connectivity index (χ0) is 80.8. The van der Waals surface area contributed by atoms with E-state index in [1.54, 1.807) is 0 Å². The second-order valence-electron chi connectivity index (χ2n) is 33.9. The highest BCUT2D eigenvalue weighted by atomic mass is 32.1.